The van der Waals surface area contributed by atoms with Crippen molar-refractivity contribution in [1.29, 1.82) is 0 Å². The maximum Gasteiger partial charge on any atom is 0.225 e. The fraction of sp³-hybridized carbons (Fsp3) is 0.364. The van der Waals surface area contributed by atoms with Crippen LogP contribution >= 0.6 is 11.6 Å². The topological polar surface area (TPSA) is 58.0 Å². The molecular formula is C22H25ClN6. The summed E-state index contributed by atoms with van der Waals surface area (Å²) in [5.41, 5.74) is 4.40. The van der Waals surface area contributed by atoms with Crippen molar-refractivity contribution >= 4 is 17.5 Å². The fourth-order valence-electron chi connectivity index (χ4n) is 3.79. The number of piperidine rings is 1. The van der Waals surface area contributed by atoms with Crippen molar-refractivity contribution in [3.8, 4) is 11.1 Å². The number of likely N-dealkylation sites (tertiary alicyclic amines) is 1. The number of nitrogens with zero attached hydrogens (tertiary/aromatic N) is 6. The third-order valence-electron chi connectivity index (χ3n) is 5.37. The summed E-state index contributed by atoms with van der Waals surface area (Å²) in [5, 5.41) is 0.783. The third kappa shape index (κ3) is 4.71. The van der Waals surface area contributed by atoms with E-state index >= 15 is 0 Å². The molecule has 150 valence electrons. The van der Waals surface area contributed by atoms with E-state index in [9.17, 15) is 0 Å². The largest absolute Gasteiger partial charge is 0.347 e. The Labute approximate surface area is 176 Å². The van der Waals surface area contributed by atoms with Crippen LogP contribution in [-0.4, -0.2) is 52.0 Å². The summed E-state index contributed by atoms with van der Waals surface area (Å²) in [7, 11) is 3.94. The average molecular weight is 409 g/mol. The van der Waals surface area contributed by atoms with Gasteiger partial charge >= 0.3 is 0 Å². The van der Waals surface area contributed by atoms with Crippen LogP contribution in [0.25, 0.3) is 11.1 Å². The van der Waals surface area contributed by atoms with Crippen molar-refractivity contribution in [2.24, 2.45) is 0 Å². The van der Waals surface area contributed by atoms with Crippen molar-refractivity contribution in [3.05, 3.63) is 65.5 Å². The van der Waals surface area contributed by atoms with Crippen LogP contribution in [0.15, 0.2) is 49.2 Å². The molecule has 0 amide bonds. The van der Waals surface area contributed by atoms with Gasteiger partial charge in [0.05, 0.1) is 5.69 Å². The number of rotatable bonds is 5. The molecule has 3 aromatic rings. The minimum absolute atomic E-state index is 0.397. The van der Waals surface area contributed by atoms with Crippen LogP contribution in [0.1, 0.15) is 30.0 Å². The molecule has 0 N–H and O–H groups in total. The van der Waals surface area contributed by atoms with Gasteiger partial charge in [-0.3, -0.25) is 4.90 Å². The van der Waals surface area contributed by atoms with Gasteiger partial charge in [-0.2, -0.15) is 0 Å². The molecule has 0 bridgehead atoms. The maximum atomic E-state index is 6.00. The molecular weight excluding hydrogens is 384 g/mol. The number of hydrogen-bond donors (Lipinski definition) is 0. The minimum atomic E-state index is 0.397. The second kappa shape index (κ2) is 8.84. The van der Waals surface area contributed by atoms with E-state index < -0.39 is 0 Å². The Morgan fingerprint density at radius 3 is 2.38 bits per heavy atom. The molecule has 1 saturated heterocycles. The number of anilines is 1. The van der Waals surface area contributed by atoms with Crippen LogP contribution in [0.2, 0.25) is 5.02 Å². The van der Waals surface area contributed by atoms with Crippen LogP contribution in [0, 0.1) is 0 Å². The molecule has 1 aliphatic heterocycles. The standard InChI is InChI=1S/C22H25ClN6/c1-28(2)22-26-13-20(18-11-24-15-25-12-18)21(27-22)17-7-9-29(10-8-17)14-16-3-5-19(23)6-4-16/h3-6,11-13,15,17H,7-10,14H2,1-2H3. The van der Waals surface area contributed by atoms with Gasteiger partial charge in [-0.05, 0) is 43.6 Å². The van der Waals surface area contributed by atoms with E-state index in [0.29, 0.717) is 5.92 Å². The van der Waals surface area contributed by atoms with Gasteiger partial charge in [0.1, 0.15) is 6.33 Å². The summed E-state index contributed by atoms with van der Waals surface area (Å²) in [6.07, 6.45) is 9.26. The lowest BCUT2D eigenvalue weighted by Crippen LogP contribution is -2.33. The first-order valence-electron chi connectivity index (χ1n) is 9.86. The predicted octanol–water partition coefficient (Wildman–Crippen LogP) is 4.03. The first-order valence-corrected chi connectivity index (χ1v) is 10.2. The van der Waals surface area contributed by atoms with Crippen LogP contribution in [0.4, 0.5) is 5.95 Å². The Morgan fingerprint density at radius 1 is 1.03 bits per heavy atom. The quantitative estimate of drug-likeness (QED) is 0.635. The highest BCUT2D eigenvalue weighted by Gasteiger charge is 2.25. The lowest BCUT2D eigenvalue weighted by molar-refractivity contribution is 0.203. The first kappa shape index (κ1) is 19.7. The molecule has 1 aromatic carbocycles. The first-order chi connectivity index (χ1) is 14.1. The normalized spacial score (nSPS) is 15.4. The summed E-state index contributed by atoms with van der Waals surface area (Å²) < 4.78 is 0. The lowest BCUT2D eigenvalue weighted by Gasteiger charge is -2.32. The van der Waals surface area contributed by atoms with Crippen LogP contribution < -0.4 is 4.90 Å². The molecule has 0 unspecified atom stereocenters. The second-order valence-corrected chi connectivity index (χ2v) is 8.10. The van der Waals surface area contributed by atoms with E-state index in [1.165, 1.54) is 5.56 Å². The van der Waals surface area contributed by atoms with Gasteiger partial charge in [0.15, 0.2) is 0 Å². The SMILES string of the molecule is CN(C)c1ncc(-c2cncnc2)c(C2CCN(Cc3ccc(Cl)cc3)CC2)n1. The Hall–Kier alpha value is -2.57. The molecule has 4 rings (SSSR count). The van der Waals surface area contributed by atoms with Gasteiger partial charge in [0.25, 0.3) is 0 Å². The van der Waals surface area contributed by atoms with Crippen molar-refractivity contribution in [3.63, 3.8) is 0 Å². The lowest BCUT2D eigenvalue weighted by atomic mass is 9.89. The van der Waals surface area contributed by atoms with E-state index in [1.807, 2.05) is 49.7 Å². The molecule has 0 saturated carbocycles. The molecule has 1 aliphatic rings. The van der Waals surface area contributed by atoms with Gasteiger partial charge in [-0.15, -0.1) is 0 Å². The molecule has 0 atom stereocenters. The number of benzene rings is 1. The predicted molar refractivity (Wildman–Crippen MR) is 116 cm³/mol. The Morgan fingerprint density at radius 2 is 1.72 bits per heavy atom. The Bertz CT molecular complexity index is 937. The van der Waals surface area contributed by atoms with E-state index in [4.69, 9.17) is 16.6 Å². The number of halogens is 1. The highest BCUT2D eigenvalue weighted by atomic mass is 35.5. The van der Waals surface area contributed by atoms with Crippen molar-refractivity contribution in [1.82, 2.24) is 24.8 Å². The summed E-state index contributed by atoms with van der Waals surface area (Å²) in [5.74, 6) is 1.14. The zero-order valence-corrected chi connectivity index (χ0v) is 17.5. The van der Waals surface area contributed by atoms with Gasteiger partial charge < -0.3 is 4.90 Å². The van der Waals surface area contributed by atoms with Gasteiger partial charge in [0, 0.05) is 61.3 Å². The monoisotopic (exact) mass is 408 g/mol. The Balaban J connectivity index is 1.52. The Kier molecular flexibility index (Phi) is 6.02. The van der Waals surface area contributed by atoms with Crippen molar-refractivity contribution in [2.45, 2.75) is 25.3 Å². The maximum absolute atomic E-state index is 6.00. The second-order valence-electron chi connectivity index (χ2n) is 7.67. The van der Waals surface area contributed by atoms with Gasteiger partial charge in [-0.25, -0.2) is 19.9 Å². The summed E-state index contributed by atoms with van der Waals surface area (Å²) in [6.45, 7) is 3.04. The number of hydrogen-bond acceptors (Lipinski definition) is 6. The van der Waals surface area contributed by atoms with E-state index in [-0.39, 0.29) is 0 Å². The molecule has 7 heteroatoms. The third-order valence-corrected chi connectivity index (χ3v) is 5.62. The molecule has 0 radical (unpaired) electrons. The van der Waals surface area contributed by atoms with E-state index in [1.54, 1.807) is 6.33 Å². The van der Waals surface area contributed by atoms with E-state index in [0.717, 1.165) is 60.3 Å². The van der Waals surface area contributed by atoms with Crippen LogP contribution in [-0.2, 0) is 6.54 Å². The van der Waals surface area contributed by atoms with Crippen LogP contribution in [0.5, 0.6) is 0 Å². The summed E-state index contributed by atoms with van der Waals surface area (Å²) in [6, 6.07) is 8.13. The number of aromatic nitrogens is 4. The van der Waals surface area contributed by atoms with Crippen molar-refractivity contribution < 1.29 is 0 Å². The molecule has 6 nitrogen and oxygen atoms in total. The molecule has 2 aromatic heterocycles. The highest BCUT2D eigenvalue weighted by Crippen LogP contribution is 2.34. The molecule has 29 heavy (non-hydrogen) atoms. The van der Waals surface area contributed by atoms with E-state index in [2.05, 4.69) is 32.0 Å². The molecule has 3 heterocycles. The zero-order chi connectivity index (χ0) is 20.2. The van der Waals surface area contributed by atoms with Gasteiger partial charge in [-0.1, -0.05) is 23.7 Å². The average Bonchev–Trinajstić information content (AvgIpc) is 2.76. The highest BCUT2D eigenvalue weighted by molar-refractivity contribution is 6.30. The molecule has 0 aliphatic carbocycles. The summed E-state index contributed by atoms with van der Waals surface area (Å²) in [4.78, 5) is 22.2. The van der Waals surface area contributed by atoms with Gasteiger partial charge in [0.2, 0.25) is 5.95 Å². The smallest absolute Gasteiger partial charge is 0.225 e. The fourth-order valence-corrected chi connectivity index (χ4v) is 3.91. The zero-order valence-electron chi connectivity index (χ0n) is 16.8. The van der Waals surface area contributed by atoms with Crippen LogP contribution in [0.3, 0.4) is 0 Å². The molecule has 0 spiro atoms. The minimum Gasteiger partial charge on any atom is -0.347 e. The summed E-state index contributed by atoms with van der Waals surface area (Å²) >= 11 is 6.00. The van der Waals surface area contributed by atoms with Crippen molar-refractivity contribution in [2.75, 3.05) is 32.1 Å². The molecule has 1 fully saturated rings.